The fourth-order valence-corrected chi connectivity index (χ4v) is 1.64. The average molecular weight is 197 g/mol. The van der Waals surface area contributed by atoms with Crippen molar-refractivity contribution in [3.8, 4) is 0 Å². The summed E-state index contributed by atoms with van der Waals surface area (Å²) in [5.74, 6) is 1.54. The maximum atomic E-state index is 10.8. The van der Waals surface area contributed by atoms with Crippen LogP contribution in [0.2, 0.25) is 0 Å². The van der Waals surface area contributed by atoms with Crippen molar-refractivity contribution in [2.75, 3.05) is 6.54 Å². The summed E-state index contributed by atoms with van der Waals surface area (Å²) in [6.45, 7) is 4.66. The van der Waals surface area contributed by atoms with E-state index in [1.165, 1.54) is 19.3 Å². The lowest BCUT2D eigenvalue weighted by Crippen LogP contribution is -2.47. The zero-order valence-corrected chi connectivity index (χ0v) is 8.97. The Balaban J connectivity index is 2.38. The van der Waals surface area contributed by atoms with Crippen molar-refractivity contribution in [3.63, 3.8) is 0 Å². The van der Waals surface area contributed by atoms with Crippen LogP contribution in [0.4, 0.5) is 0 Å². The second-order valence-corrected chi connectivity index (χ2v) is 3.70. The normalized spacial score (nSPS) is 18.1. The quantitative estimate of drug-likeness (QED) is 0.696. The minimum Gasteiger partial charge on any atom is -0.286 e. The van der Waals surface area contributed by atoms with E-state index in [2.05, 4.69) is 29.7 Å². The molecule has 0 spiro atoms. The van der Waals surface area contributed by atoms with E-state index in [-0.39, 0.29) is 12.5 Å². The highest BCUT2D eigenvalue weighted by molar-refractivity contribution is 5.91. The molecule has 0 aromatic carbocycles. The molecule has 0 aromatic rings. The predicted molar refractivity (Wildman–Crippen MR) is 56.9 cm³/mol. The lowest BCUT2D eigenvalue weighted by molar-refractivity contribution is -0.120. The van der Waals surface area contributed by atoms with Gasteiger partial charge < -0.3 is 0 Å². The molecule has 4 nitrogen and oxygen atoms in total. The third-order valence-electron chi connectivity index (χ3n) is 2.52. The summed E-state index contributed by atoms with van der Waals surface area (Å²) in [4.78, 5) is 15.0. The third kappa shape index (κ3) is 3.36. The molecule has 0 fully saturated rings. The Morgan fingerprint density at radius 2 is 2.21 bits per heavy atom. The van der Waals surface area contributed by atoms with Crippen molar-refractivity contribution in [1.82, 2.24) is 10.9 Å². The summed E-state index contributed by atoms with van der Waals surface area (Å²) in [5.41, 5.74) is 5.43. The van der Waals surface area contributed by atoms with Gasteiger partial charge >= 0.3 is 0 Å². The van der Waals surface area contributed by atoms with E-state index >= 15 is 0 Å². The standard InChI is InChI=1S/C10H19N3O/c1-3-5-8(4-2)6-9-11-7-10(14)13-12-9/h8H,3-7H2,1-2H3,(H,11,12)(H,13,14). The number of nitrogens with zero attached hydrogens (tertiary/aromatic N) is 1. The molecule has 80 valence electrons. The molecule has 0 aliphatic carbocycles. The molecule has 1 atom stereocenters. The Morgan fingerprint density at radius 1 is 1.43 bits per heavy atom. The molecule has 0 radical (unpaired) electrons. The van der Waals surface area contributed by atoms with Gasteiger partial charge in [-0.3, -0.25) is 20.6 Å². The number of amidine groups is 1. The number of hydrazine groups is 1. The highest BCUT2D eigenvalue weighted by Gasteiger charge is 2.13. The molecule has 1 aliphatic heterocycles. The second-order valence-electron chi connectivity index (χ2n) is 3.70. The number of hydrogen-bond acceptors (Lipinski definition) is 3. The van der Waals surface area contributed by atoms with Crippen LogP contribution >= 0.6 is 0 Å². The minimum absolute atomic E-state index is 0.0581. The lowest BCUT2D eigenvalue weighted by atomic mass is 9.96. The molecule has 0 saturated heterocycles. The van der Waals surface area contributed by atoms with Crippen molar-refractivity contribution in [3.05, 3.63) is 0 Å². The van der Waals surface area contributed by atoms with Gasteiger partial charge in [-0.25, -0.2) is 0 Å². The van der Waals surface area contributed by atoms with Crippen molar-refractivity contribution in [2.24, 2.45) is 10.9 Å². The van der Waals surface area contributed by atoms with Gasteiger partial charge in [-0.1, -0.05) is 33.1 Å². The Labute approximate surface area is 85.1 Å². The van der Waals surface area contributed by atoms with Crippen LogP contribution < -0.4 is 10.9 Å². The van der Waals surface area contributed by atoms with Crippen LogP contribution in [0.5, 0.6) is 0 Å². The van der Waals surface area contributed by atoms with E-state index in [4.69, 9.17) is 0 Å². The Morgan fingerprint density at radius 3 is 2.71 bits per heavy atom. The fraction of sp³-hybridized carbons (Fsp3) is 0.800. The van der Waals surface area contributed by atoms with E-state index in [0.717, 1.165) is 12.3 Å². The van der Waals surface area contributed by atoms with Crippen LogP contribution in [-0.2, 0) is 4.79 Å². The van der Waals surface area contributed by atoms with Gasteiger partial charge in [0, 0.05) is 6.42 Å². The summed E-state index contributed by atoms with van der Waals surface area (Å²) < 4.78 is 0. The summed E-state index contributed by atoms with van der Waals surface area (Å²) >= 11 is 0. The zero-order chi connectivity index (χ0) is 10.4. The molecule has 1 unspecified atom stereocenters. The number of carbonyl (C=O) groups is 1. The largest absolute Gasteiger partial charge is 0.286 e. The number of carbonyl (C=O) groups excluding carboxylic acids is 1. The second kappa shape index (κ2) is 5.62. The van der Waals surface area contributed by atoms with Crippen molar-refractivity contribution in [2.45, 2.75) is 39.5 Å². The molecule has 0 aromatic heterocycles. The zero-order valence-electron chi connectivity index (χ0n) is 8.97. The van der Waals surface area contributed by atoms with Gasteiger partial charge in [0.1, 0.15) is 12.4 Å². The van der Waals surface area contributed by atoms with Crippen molar-refractivity contribution in [1.29, 1.82) is 0 Å². The van der Waals surface area contributed by atoms with Crippen LogP contribution in [0.1, 0.15) is 39.5 Å². The first kappa shape index (κ1) is 11.0. The monoisotopic (exact) mass is 197 g/mol. The number of rotatable bonds is 5. The maximum Gasteiger partial charge on any atom is 0.260 e. The van der Waals surface area contributed by atoms with E-state index in [1.54, 1.807) is 0 Å². The predicted octanol–water partition coefficient (Wildman–Crippen LogP) is 1.24. The van der Waals surface area contributed by atoms with Crippen LogP contribution in [0.25, 0.3) is 0 Å². The van der Waals surface area contributed by atoms with Crippen LogP contribution in [0, 0.1) is 5.92 Å². The molecule has 2 N–H and O–H groups in total. The van der Waals surface area contributed by atoms with Gasteiger partial charge in [-0.15, -0.1) is 0 Å². The van der Waals surface area contributed by atoms with E-state index < -0.39 is 0 Å². The average Bonchev–Trinajstić information content (AvgIpc) is 2.20. The van der Waals surface area contributed by atoms with Gasteiger partial charge in [-0.2, -0.15) is 0 Å². The van der Waals surface area contributed by atoms with E-state index in [9.17, 15) is 4.79 Å². The van der Waals surface area contributed by atoms with Gasteiger partial charge in [-0.05, 0) is 5.92 Å². The number of aliphatic imine (C=N–C) groups is 1. The summed E-state index contributed by atoms with van der Waals surface area (Å²) in [6.07, 6.45) is 4.55. The maximum absolute atomic E-state index is 10.8. The fourth-order valence-electron chi connectivity index (χ4n) is 1.64. The lowest BCUT2D eigenvalue weighted by Gasteiger charge is -2.19. The summed E-state index contributed by atoms with van der Waals surface area (Å²) in [7, 11) is 0. The van der Waals surface area contributed by atoms with Crippen molar-refractivity contribution < 1.29 is 4.79 Å². The van der Waals surface area contributed by atoms with E-state index in [0.29, 0.717) is 5.92 Å². The minimum atomic E-state index is -0.0581. The van der Waals surface area contributed by atoms with Gasteiger partial charge in [0.2, 0.25) is 0 Å². The van der Waals surface area contributed by atoms with E-state index in [1.807, 2.05) is 0 Å². The molecular weight excluding hydrogens is 178 g/mol. The van der Waals surface area contributed by atoms with Gasteiger partial charge in [0.05, 0.1) is 0 Å². The first-order valence-corrected chi connectivity index (χ1v) is 5.34. The molecule has 1 rings (SSSR count). The molecule has 4 heteroatoms. The third-order valence-corrected chi connectivity index (χ3v) is 2.52. The smallest absolute Gasteiger partial charge is 0.260 e. The number of amides is 1. The molecule has 0 saturated carbocycles. The molecule has 1 heterocycles. The highest BCUT2D eigenvalue weighted by atomic mass is 16.2. The molecule has 14 heavy (non-hydrogen) atoms. The van der Waals surface area contributed by atoms with Crippen LogP contribution in [0.3, 0.4) is 0 Å². The number of hydrogen-bond donors (Lipinski definition) is 2. The van der Waals surface area contributed by atoms with Crippen LogP contribution in [-0.4, -0.2) is 18.3 Å². The molecular formula is C10H19N3O. The Bertz CT molecular complexity index is 225. The molecule has 1 aliphatic rings. The molecule has 0 bridgehead atoms. The van der Waals surface area contributed by atoms with Gasteiger partial charge in [0.25, 0.3) is 5.91 Å². The summed E-state index contributed by atoms with van der Waals surface area (Å²) in [6, 6.07) is 0. The highest BCUT2D eigenvalue weighted by Crippen LogP contribution is 2.15. The first-order chi connectivity index (χ1) is 6.76. The molecule has 1 amide bonds. The van der Waals surface area contributed by atoms with Crippen LogP contribution in [0.15, 0.2) is 4.99 Å². The first-order valence-electron chi connectivity index (χ1n) is 5.34. The topological polar surface area (TPSA) is 53.5 Å². The Kier molecular flexibility index (Phi) is 4.43. The van der Waals surface area contributed by atoms with Crippen molar-refractivity contribution >= 4 is 11.7 Å². The SMILES string of the molecule is CCCC(CC)CC1=NCC(=O)NN1. The van der Waals surface area contributed by atoms with Gasteiger partial charge in [0.15, 0.2) is 0 Å². The number of nitrogens with one attached hydrogen (secondary N) is 2. The Hall–Kier alpha value is -1.06. The summed E-state index contributed by atoms with van der Waals surface area (Å²) in [5, 5.41) is 0.